The van der Waals surface area contributed by atoms with E-state index in [4.69, 9.17) is 9.84 Å². The molecule has 1 aromatic carbocycles. The Labute approximate surface area is 133 Å². The van der Waals surface area contributed by atoms with Crippen LogP contribution in [0.3, 0.4) is 0 Å². The summed E-state index contributed by atoms with van der Waals surface area (Å²) in [7, 11) is 0. The summed E-state index contributed by atoms with van der Waals surface area (Å²) in [5, 5.41) is 13.3. The molecule has 0 bridgehead atoms. The average Bonchev–Trinajstić information content (AvgIpc) is 2.96. The minimum absolute atomic E-state index is 0.0458. The number of hydrogen-bond donors (Lipinski definition) is 1. The van der Waals surface area contributed by atoms with Gasteiger partial charge in [-0.1, -0.05) is 18.2 Å². The summed E-state index contributed by atoms with van der Waals surface area (Å²) in [6, 6.07) is 9.52. The predicted octanol–water partition coefficient (Wildman–Crippen LogP) is 1.11. The molecular formula is C16H17N3O4. The van der Waals surface area contributed by atoms with Crippen molar-refractivity contribution in [2.45, 2.75) is 13.0 Å². The SMILES string of the molecule is Cc1c(C(=O)N2CCOC(C(=O)O)C2)cnn1-c1ccccc1. The van der Waals surface area contributed by atoms with Crippen molar-refractivity contribution in [1.82, 2.24) is 14.7 Å². The van der Waals surface area contributed by atoms with Crippen LogP contribution in [-0.2, 0) is 9.53 Å². The third kappa shape index (κ3) is 2.95. The Morgan fingerprint density at radius 1 is 1.30 bits per heavy atom. The molecule has 1 aliphatic heterocycles. The first kappa shape index (κ1) is 15.2. The van der Waals surface area contributed by atoms with Crippen molar-refractivity contribution < 1.29 is 19.4 Å². The Morgan fingerprint density at radius 3 is 2.74 bits per heavy atom. The van der Waals surface area contributed by atoms with Crippen LogP contribution in [-0.4, -0.2) is 57.5 Å². The van der Waals surface area contributed by atoms with Gasteiger partial charge in [0.1, 0.15) is 0 Å². The molecule has 23 heavy (non-hydrogen) atoms. The first-order valence-corrected chi connectivity index (χ1v) is 7.31. The van der Waals surface area contributed by atoms with Gasteiger partial charge in [0.05, 0.1) is 36.3 Å². The molecule has 1 aliphatic rings. The number of morpholine rings is 1. The Morgan fingerprint density at radius 2 is 2.04 bits per heavy atom. The van der Waals surface area contributed by atoms with Crippen LogP contribution < -0.4 is 0 Å². The number of ether oxygens (including phenoxy) is 1. The summed E-state index contributed by atoms with van der Waals surface area (Å²) in [6.45, 7) is 2.46. The zero-order valence-electron chi connectivity index (χ0n) is 12.7. The maximum Gasteiger partial charge on any atom is 0.334 e. The second-order valence-electron chi connectivity index (χ2n) is 5.34. The highest BCUT2D eigenvalue weighted by Gasteiger charge is 2.30. The summed E-state index contributed by atoms with van der Waals surface area (Å²) in [6.07, 6.45) is 0.549. The molecule has 1 atom stereocenters. The predicted molar refractivity (Wildman–Crippen MR) is 81.6 cm³/mol. The van der Waals surface area contributed by atoms with Crippen LogP contribution in [0.2, 0.25) is 0 Å². The fraction of sp³-hybridized carbons (Fsp3) is 0.312. The zero-order chi connectivity index (χ0) is 16.4. The summed E-state index contributed by atoms with van der Waals surface area (Å²) < 4.78 is 6.84. The monoisotopic (exact) mass is 315 g/mol. The Hall–Kier alpha value is -2.67. The maximum absolute atomic E-state index is 12.7. The molecule has 1 N–H and O–H groups in total. The molecule has 0 saturated carbocycles. The number of benzene rings is 1. The number of para-hydroxylation sites is 1. The third-order valence-corrected chi connectivity index (χ3v) is 3.87. The van der Waals surface area contributed by atoms with Crippen LogP contribution in [0.15, 0.2) is 36.5 Å². The molecule has 2 aromatic rings. The summed E-state index contributed by atoms with van der Waals surface area (Å²) in [5.74, 6) is -1.28. The summed E-state index contributed by atoms with van der Waals surface area (Å²) in [4.78, 5) is 25.2. The molecule has 7 heteroatoms. The Bertz CT molecular complexity index is 726. The van der Waals surface area contributed by atoms with Crippen LogP contribution in [0.25, 0.3) is 5.69 Å². The van der Waals surface area contributed by atoms with Crippen LogP contribution in [0, 0.1) is 6.92 Å². The van der Waals surface area contributed by atoms with Crippen molar-refractivity contribution in [3.8, 4) is 5.69 Å². The first-order chi connectivity index (χ1) is 11.1. The lowest BCUT2D eigenvalue weighted by Gasteiger charge is -2.30. The van der Waals surface area contributed by atoms with Crippen LogP contribution >= 0.6 is 0 Å². The number of carboxylic acid groups (broad SMARTS) is 1. The van der Waals surface area contributed by atoms with E-state index in [2.05, 4.69) is 5.10 Å². The minimum Gasteiger partial charge on any atom is -0.479 e. The van der Waals surface area contributed by atoms with Gasteiger partial charge in [0.25, 0.3) is 5.91 Å². The Kier molecular flexibility index (Phi) is 4.12. The van der Waals surface area contributed by atoms with E-state index in [-0.39, 0.29) is 19.1 Å². The van der Waals surface area contributed by atoms with Gasteiger partial charge in [-0.3, -0.25) is 4.79 Å². The van der Waals surface area contributed by atoms with Crippen molar-refractivity contribution in [3.05, 3.63) is 47.8 Å². The third-order valence-electron chi connectivity index (χ3n) is 3.87. The number of nitrogens with zero attached hydrogens (tertiary/aromatic N) is 3. The zero-order valence-corrected chi connectivity index (χ0v) is 12.7. The van der Waals surface area contributed by atoms with Gasteiger partial charge in [0, 0.05) is 6.54 Å². The van der Waals surface area contributed by atoms with E-state index < -0.39 is 12.1 Å². The van der Waals surface area contributed by atoms with Gasteiger partial charge < -0.3 is 14.7 Å². The molecule has 120 valence electrons. The summed E-state index contributed by atoms with van der Waals surface area (Å²) in [5.41, 5.74) is 2.06. The van der Waals surface area contributed by atoms with E-state index in [1.165, 1.54) is 11.1 Å². The molecule has 0 spiro atoms. The van der Waals surface area contributed by atoms with Gasteiger partial charge in [0.2, 0.25) is 0 Å². The fourth-order valence-electron chi connectivity index (χ4n) is 2.60. The molecule has 2 heterocycles. The molecule has 0 aliphatic carbocycles. The smallest absolute Gasteiger partial charge is 0.334 e. The second-order valence-corrected chi connectivity index (χ2v) is 5.34. The normalized spacial score (nSPS) is 18.0. The number of aromatic nitrogens is 2. The maximum atomic E-state index is 12.7. The van der Waals surface area contributed by atoms with Gasteiger partial charge in [-0.15, -0.1) is 0 Å². The molecule has 1 amide bonds. The van der Waals surface area contributed by atoms with Crippen LogP contribution in [0.4, 0.5) is 0 Å². The van der Waals surface area contributed by atoms with Gasteiger partial charge in [-0.2, -0.15) is 5.10 Å². The minimum atomic E-state index is -1.06. The first-order valence-electron chi connectivity index (χ1n) is 7.31. The fourth-order valence-corrected chi connectivity index (χ4v) is 2.60. The van der Waals surface area contributed by atoms with E-state index >= 15 is 0 Å². The van der Waals surface area contributed by atoms with E-state index in [9.17, 15) is 9.59 Å². The molecule has 1 aromatic heterocycles. The van der Waals surface area contributed by atoms with Crippen molar-refractivity contribution in [2.75, 3.05) is 19.7 Å². The quantitative estimate of drug-likeness (QED) is 0.917. The lowest BCUT2D eigenvalue weighted by molar-refractivity contribution is -0.154. The molecule has 3 rings (SSSR count). The molecule has 7 nitrogen and oxygen atoms in total. The molecule has 0 radical (unpaired) electrons. The van der Waals surface area contributed by atoms with Gasteiger partial charge in [-0.25, -0.2) is 9.48 Å². The number of carbonyl (C=O) groups excluding carboxylic acids is 1. The summed E-state index contributed by atoms with van der Waals surface area (Å²) >= 11 is 0. The molecule has 1 saturated heterocycles. The van der Waals surface area contributed by atoms with Crippen molar-refractivity contribution >= 4 is 11.9 Å². The van der Waals surface area contributed by atoms with Crippen LogP contribution in [0.1, 0.15) is 16.1 Å². The topological polar surface area (TPSA) is 84.7 Å². The van der Waals surface area contributed by atoms with Crippen molar-refractivity contribution in [2.24, 2.45) is 0 Å². The number of carboxylic acids is 1. The number of amides is 1. The second kappa shape index (κ2) is 6.21. The van der Waals surface area contributed by atoms with E-state index in [1.54, 1.807) is 4.68 Å². The van der Waals surface area contributed by atoms with Crippen LogP contribution in [0.5, 0.6) is 0 Å². The van der Waals surface area contributed by atoms with Crippen molar-refractivity contribution in [1.29, 1.82) is 0 Å². The highest BCUT2D eigenvalue weighted by atomic mass is 16.5. The largest absolute Gasteiger partial charge is 0.479 e. The number of hydrogen-bond acceptors (Lipinski definition) is 4. The van der Waals surface area contributed by atoms with Gasteiger partial charge in [0.15, 0.2) is 6.10 Å². The van der Waals surface area contributed by atoms with E-state index in [0.717, 1.165) is 11.4 Å². The van der Waals surface area contributed by atoms with Gasteiger partial charge in [-0.05, 0) is 19.1 Å². The number of carbonyl (C=O) groups is 2. The molecular weight excluding hydrogens is 298 g/mol. The van der Waals surface area contributed by atoms with E-state index in [1.807, 2.05) is 37.3 Å². The average molecular weight is 315 g/mol. The highest BCUT2D eigenvalue weighted by Crippen LogP contribution is 2.17. The van der Waals surface area contributed by atoms with Crippen molar-refractivity contribution in [3.63, 3.8) is 0 Å². The number of aliphatic carboxylic acids is 1. The molecule has 1 unspecified atom stereocenters. The number of rotatable bonds is 3. The van der Waals surface area contributed by atoms with E-state index in [0.29, 0.717) is 12.1 Å². The molecule has 1 fully saturated rings. The Balaban J connectivity index is 1.83. The lowest BCUT2D eigenvalue weighted by Crippen LogP contribution is -2.48. The highest BCUT2D eigenvalue weighted by molar-refractivity contribution is 5.95. The van der Waals surface area contributed by atoms with Gasteiger partial charge >= 0.3 is 5.97 Å². The standard InChI is InChI=1S/C16H17N3O4/c1-11-13(9-17-19(11)12-5-3-2-4-6-12)15(20)18-7-8-23-14(10-18)16(21)22/h2-6,9,14H,7-8,10H2,1H3,(H,21,22). The lowest BCUT2D eigenvalue weighted by atomic mass is 10.2.